The molecule has 2 aromatic carbocycles. The standard InChI is InChI=1S/C20H10ClFN4O2/c21-16-5-1-11(9-23)7-15(16)19-14-4-2-12(20(27)28)8-17(14)26(25-19)18-6-3-13(22)10-24-18/h1-8,10H,(H,27,28). The van der Waals surface area contributed by atoms with Gasteiger partial charge in [-0.2, -0.15) is 10.4 Å². The number of carboxylic acids is 1. The average Bonchev–Trinajstić information content (AvgIpc) is 3.07. The summed E-state index contributed by atoms with van der Waals surface area (Å²) in [5.74, 6) is -1.28. The molecule has 8 heteroatoms. The van der Waals surface area contributed by atoms with Crippen molar-refractivity contribution in [3.8, 4) is 23.1 Å². The van der Waals surface area contributed by atoms with E-state index in [4.69, 9.17) is 11.6 Å². The fourth-order valence-corrected chi connectivity index (χ4v) is 3.10. The Hall–Kier alpha value is -3.76. The van der Waals surface area contributed by atoms with Crippen molar-refractivity contribution in [3.05, 3.63) is 76.7 Å². The molecule has 0 radical (unpaired) electrons. The summed E-state index contributed by atoms with van der Waals surface area (Å²) in [6.07, 6.45) is 1.05. The Morgan fingerprint density at radius 2 is 2.00 bits per heavy atom. The van der Waals surface area contributed by atoms with Gasteiger partial charge in [0, 0.05) is 10.9 Å². The van der Waals surface area contributed by atoms with Crippen LogP contribution in [0.4, 0.5) is 4.39 Å². The van der Waals surface area contributed by atoms with E-state index in [0.29, 0.717) is 38.6 Å². The van der Waals surface area contributed by atoms with Gasteiger partial charge in [-0.05, 0) is 48.5 Å². The van der Waals surface area contributed by atoms with E-state index in [1.165, 1.54) is 28.9 Å². The largest absolute Gasteiger partial charge is 0.478 e. The number of aromatic nitrogens is 3. The van der Waals surface area contributed by atoms with Gasteiger partial charge in [0.1, 0.15) is 11.5 Å². The Bertz CT molecular complexity index is 1280. The zero-order valence-electron chi connectivity index (χ0n) is 14.1. The first kappa shape index (κ1) is 17.6. The third-order valence-corrected chi connectivity index (χ3v) is 4.54. The van der Waals surface area contributed by atoms with Crippen molar-refractivity contribution in [2.24, 2.45) is 0 Å². The summed E-state index contributed by atoms with van der Waals surface area (Å²) in [7, 11) is 0. The average molecular weight is 393 g/mol. The van der Waals surface area contributed by atoms with Crippen LogP contribution in [0.5, 0.6) is 0 Å². The molecular formula is C20H10ClFN4O2. The van der Waals surface area contributed by atoms with E-state index in [1.54, 1.807) is 24.3 Å². The van der Waals surface area contributed by atoms with Crippen molar-refractivity contribution in [2.75, 3.05) is 0 Å². The number of fused-ring (bicyclic) bond motifs is 1. The molecule has 0 bridgehead atoms. The predicted molar refractivity (Wildman–Crippen MR) is 101 cm³/mol. The van der Waals surface area contributed by atoms with E-state index in [-0.39, 0.29) is 5.56 Å². The molecule has 0 spiro atoms. The highest BCUT2D eigenvalue weighted by molar-refractivity contribution is 6.33. The number of hydrogen-bond donors (Lipinski definition) is 1. The van der Waals surface area contributed by atoms with E-state index in [9.17, 15) is 19.6 Å². The molecule has 4 rings (SSSR count). The molecule has 0 aliphatic rings. The zero-order chi connectivity index (χ0) is 19.8. The van der Waals surface area contributed by atoms with Crippen molar-refractivity contribution in [1.82, 2.24) is 14.8 Å². The van der Waals surface area contributed by atoms with E-state index < -0.39 is 11.8 Å². The molecule has 0 unspecified atom stereocenters. The minimum atomic E-state index is -1.09. The second-order valence-corrected chi connectivity index (χ2v) is 6.35. The number of benzene rings is 2. The van der Waals surface area contributed by atoms with Crippen LogP contribution in [0.3, 0.4) is 0 Å². The van der Waals surface area contributed by atoms with E-state index in [1.807, 2.05) is 0 Å². The number of aromatic carboxylic acids is 1. The minimum Gasteiger partial charge on any atom is -0.478 e. The van der Waals surface area contributed by atoms with E-state index in [2.05, 4.69) is 16.2 Å². The molecule has 0 atom stereocenters. The lowest BCUT2D eigenvalue weighted by atomic mass is 10.0. The molecule has 28 heavy (non-hydrogen) atoms. The third-order valence-electron chi connectivity index (χ3n) is 4.21. The molecule has 0 amide bonds. The summed E-state index contributed by atoms with van der Waals surface area (Å²) in [5, 5.41) is 24.1. The second-order valence-electron chi connectivity index (χ2n) is 5.94. The number of carboxylic acid groups (broad SMARTS) is 1. The van der Waals surface area contributed by atoms with Gasteiger partial charge in [0.25, 0.3) is 0 Å². The number of nitriles is 1. The maximum atomic E-state index is 13.3. The molecule has 2 aromatic heterocycles. The topological polar surface area (TPSA) is 91.8 Å². The highest BCUT2D eigenvalue weighted by atomic mass is 35.5. The number of carbonyl (C=O) groups is 1. The highest BCUT2D eigenvalue weighted by Crippen LogP contribution is 2.35. The molecule has 4 aromatic rings. The number of hydrogen-bond acceptors (Lipinski definition) is 4. The zero-order valence-corrected chi connectivity index (χ0v) is 14.9. The SMILES string of the molecule is N#Cc1ccc(Cl)c(-c2nn(-c3ccc(F)cn3)c3cc(C(=O)O)ccc23)c1. The van der Waals surface area contributed by atoms with Crippen LogP contribution in [0.1, 0.15) is 15.9 Å². The van der Waals surface area contributed by atoms with Crippen LogP contribution in [0.2, 0.25) is 5.02 Å². The molecule has 0 saturated heterocycles. The Morgan fingerprint density at radius 1 is 1.18 bits per heavy atom. The molecule has 0 saturated carbocycles. The minimum absolute atomic E-state index is 0.0687. The third kappa shape index (κ3) is 2.96. The van der Waals surface area contributed by atoms with Gasteiger partial charge in [-0.25, -0.2) is 18.9 Å². The number of halogens is 2. The second kappa shape index (κ2) is 6.76. The van der Waals surface area contributed by atoms with Crippen LogP contribution in [-0.4, -0.2) is 25.8 Å². The number of rotatable bonds is 3. The van der Waals surface area contributed by atoms with Gasteiger partial charge in [-0.15, -0.1) is 0 Å². The normalized spacial score (nSPS) is 10.8. The van der Waals surface area contributed by atoms with Gasteiger partial charge in [-0.1, -0.05) is 11.6 Å². The van der Waals surface area contributed by atoms with Crippen LogP contribution < -0.4 is 0 Å². The first-order valence-electron chi connectivity index (χ1n) is 8.06. The molecule has 0 fully saturated rings. The van der Waals surface area contributed by atoms with Gasteiger partial charge in [0.2, 0.25) is 0 Å². The Labute approximate surface area is 163 Å². The maximum Gasteiger partial charge on any atom is 0.335 e. The molecule has 0 aliphatic heterocycles. The van der Waals surface area contributed by atoms with E-state index >= 15 is 0 Å². The van der Waals surface area contributed by atoms with Crippen molar-refractivity contribution < 1.29 is 14.3 Å². The summed E-state index contributed by atoms with van der Waals surface area (Å²) in [5.41, 5.74) is 1.92. The Kier molecular flexibility index (Phi) is 4.26. The summed E-state index contributed by atoms with van der Waals surface area (Å²) in [6, 6.07) is 14.1. The van der Waals surface area contributed by atoms with Crippen molar-refractivity contribution in [2.45, 2.75) is 0 Å². The van der Waals surface area contributed by atoms with Gasteiger partial charge in [0.05, 0.1) is 33.9 Å². The number of pyridine rings is 1. The van der Waals surface area contributed by atoms with Gasteiger partial charge >= 0.3 is 5.97 Å². The summed E-state index contributed by atoms with van der Waals surface area (Å²) in [6.45, 7) is 0. The van der Waals surface area contributed by atoms with Crippen molar-refractivity contribution in [3.63, 3.8) is 0 Å². The van der Waals surface area contributed by atoms with Gasteiger partial charge in [0.15, 0.2) is 5.82 Å². The monoisotopic (exact) mass is 392 g/mol. The fourth-order valence-electron chi connectivity index (χ4n) is 2.89. The van der Waals surface area contributed by atoms with E-state index in [0.717, 1.165) is 6.20 Å². The van der Waals surface area contributed by atoms with Crippen LogP contribution in [-0.2, 0) is 0 Å². The van der Waals surface area contributed by atoms with Crippen LogP contribution in [0.15, 0.2) is 54.7 Å². The number of nitrogens with zero attached hydrogens (tertiary/aromatic N) is 4. The van der Waals surface area contributed by atoms with Crippen LogP contribution >= 0.6 is 11.6 Å². The van der Waals surface area contributed by atoms with Crippen molar-refractivity contribution >= 4 is 28.5 Å². The first-order valence-corrected chi connectivity index (χ1v) is 8.44. The van der Waals surface area contributed by atoms with Gasteiger partial charge < -0.3 is 5.11 Å². The van der Waals surface area contributed by atoms with Crippen LogP contribution in [0, 0.1) is 17.1 Å². The first-order chi connectivity index (χ1) is 13.5. The molecular weight excluding hydrogens is 383 g/mol. The Morgan fingerprint density at radius 3 is 2.68 bits per heavy atom. The lowest BCUT2D eigenvalue weighted by Gasteiger charge is -2.03. The smallest absolute Gasteiger partial charge is 0.335 e. The predicted octanol–water partition coefficient (Wildman–Crippen LogP) is 4.45. The molecule has 1 N–H and O–H groups in total. The summed E-state index contributed by atoms with van der Waals surface area (Å²) in [4.78, 5) is 15.4. The lowest BCUT2D eigenvalue weighted by Crippen LogP contribution is -2.01. The molecule has 136 valence electrons. The molecule has 0 aliphatic carbocycles. The molecule has 6 nitrogen and oxygen atoms in total. The Balaban J connectivity index is 2.05. The fraction of sp³-hybridized carbons (Fsp3) is 0. The summed E-state index contributed by atoms with van der Waals surface area (Å²) >= 11 is 6.33. The highest BCUT2D eigenvalue weighted by Gasteiger charge is 2.18. The van der Waals surface area contributed by atoms with Crippen molar-refractivity contribution in [1.29, 1.82) is 5.26 Å². The van der Waals surface area contributed by atoms with Crippen LogP contribution in [0.25, 0.3) is 28.0 Å². The maximum absolute atomic E-state index is 13.3. The lowest BCUT2D eigenvalue weighted by molar-refractivity contribution is 0.0697. The summed E-state index contributed by atoms with van der Waals surface area (Å²) < 4.78 is 14.7. The van der Waals surface area contributed by atoms with Gasteiger partial charge in [-0.3, -0.25) is 0 Å². The molecule has 2 heterocycles. The quantitative estimate of drug-likeness (QED) is 0.556.